The highest BCUT2D eigenvalue weighted by molar-refractivity contribution is 8.00. The molecule has 0 saturated carbocycles. The maximum Gasteiger partial charge on any atom is 0.335 e. The highest BCUT2D eigenvalue weighted by Crippen LogP contribution is 2.22. The summed E-state index contributed by atoms with van der Waals surface area (Å²) in [5, 5.41) is 12.4. The van der Waals surface area contributed by atoms with E-state index in [9.17, 15) is 9.59 Å². The van der Waals surface area contributed by atoms with Crippen LogP contribution in [-0.4, -0.2) is 28.4 Å². The zero-order chi connectivity index (χ0) is 16.7. The van der Waals surface area contributed by atoms with Crippen molar-refractivity contribution in [3.63, 3.8) is 0 Å². The molecule has 23 heavy (non-hydrogen) atoms. The van der Waals surface area contributed by atoms with Crippen LogP contribution in [0, 0.1) is 0 Å². The molecule has 6 heteroatoms. The fraction of sp³-hybridized carbons (Fsp3) is 0.118. The Bertz CT molecular complexity index is 700. The van der Waals surface area contributed by atoms with Crippen LogP contribution in [0.15, 0.2) is 64.6 Å². The molecule has 2 N–H and O–H groups in total. The minimum Gasteiger partial charge on any atom is -0.478 e. The number of amides is 1. The van der Waals surface area contributed by atoms with E-state index in [1.54, 1.807) is 12.1 Å². The number of hydrazone groups is 1. The summed E-state index contributed by atoms with van der Waals surface area (Å²) >= 11 is 1.45. The number of carbonyl (C=O) groups is 2. The van der Waals surface area contributed by atoms with Crippen LogP contribution >= 0.6 is 11.8 Å². The molecule has 5 nitrogen and oxygen atoms in total. The van der Waals surface area contributed by atoms with Gasteiger partial charge in [0.05, 0.1) is 17.0 Å². The average Bonchev–Trinajstić information content (AvgIpc) is 2.56. The molecule has 0 aliphatic rings. The van der Waals surface area contributed by atoms with Gasteiger partial charge in [-0.25, -0.2) is 10.2 Å². The van der Waals surface area contributed by atoms with Crippen LogP contribution in [0.4, 0.5) is 0 Å². The number of benzene rings is 2. The molecule has 0 radical (unpaired) electrons. The van der Waals surface area contributed by atoms with Gasteiger partial charge in [0.25, 0.3) is 5.91 Å². The standard InChI is InChI=1S/C17H16N2O3S/c1-12(23-15-5-3-2-4-6-15)16(20)19-18-11-13-7-9-14(10-8-13)17(21)22/h2-12H,1H3,(H,19,20)(H,21,22)/b18-11-/t12-/m1/s1. The summed E-state index contributed by atoms with van der Waals surface area (Å²) in [6.45, 7) is 1.81. The van der Waals surface area contributed by atoms with Gasteiger partial charge in [-0.05, 0) is 36.8 Å². The van der Waals surface area contributed by atoms with Crippen molar-refractivity contribution in [1.29, 1.82) is 0 Å². The molecular weight excluding hydrogens is 312 g/mol. The molecule has 0 unspecified atom stereocenters. The molecule has 0 bridgehead atoms. The van der Waals surface area contributed by atoms with Crippen LogP contribution in [0.1, 0.15) is 22.8 Å². The molecule has 0 saturated heterocycles. The van der Waals surface area contributed by atoms with E-state index in [1.165, 1.54) is 30.1 Å². The van der Waals surface area contributed by atoms with Gasteiger partial charge in [-0.2, -0.15) is 5.10 Å². The first-order chi connectivity index (χ1) is 11.1. The maximum absolute atomic E-state index is 12.0. The van der Waals surface area contributed by atoms with E-state index in [0.29, 0.717) is 5.56 Å². The van der Waals surface area contributed by atoms with Crippen molar-refractivity contribution in [2.45, 2.75) is 17.1 Å². The number of hydrogen-bond acceptors (Lipinski definition) is 4. The van der Waals surface area contributed by atoms with Gasteiger partial charge in [0, 0.05) is 4.90 Å². The van der Waals surface area contributed by atoms with Crippen molar-refractivity contribution < 1.29 is 14.7 Å². The fourth-order valence-corrected chi connectivity index (χ4v) is 2.61. The fourth-order valence-electron chi connectivity index (χ4n) is 1.73. The summed E-state index contributed by atoms with van der Waals surface area (Å²) in [4.78, 5) is 23.7. The van der Waals surface area contributed by atoms with Gasteiger partial charge < -0.3 is 5.11 Å². The number of nitrogens with zero attached hydrogens (tertiary/aromatic N) is 1. The largest absolute Gasteiger partial charge is 0.478 e. The van der Waals surface area contributed by atoms with E-state index in [0.717, 1.165) is 4.90 Å². The Labute approximate surface area is 138 Å². The number of rotatable bonds is 6. The highest BCUT2D eigenvalue weighted by atomic mass is 32.2. The van der Waals surface area contributed by atoms with Crippen LogP contribution in [0.2, 0.25) is 0 Å². The number of carbonyl (C=O) groups excluding carboxylic acids is 1. The van der Waals surface area contributed by atoms with Gasteiger partial charge in [0.1, 0.15) is 0 Å². The van der Waals surface area contributed by atoms with Crippen molar-refractivity contribution in [2.24, 2.45) is 5.10 Å². The summed E-state index contributed by atoms with van der Waals surface area (Å²) in [5.41, 5.74) is 3.40. The third-order valence-corrected chi connectivity index (χ3v) is 4.08. The third kappa shape index (κ3) is 5.27. The summed E-state index contributed by atoms with van der Waals surface area (Å²) in [6, 6.07) is 15.9. The first-order valence-corrected chi connectivity index (χ1v) is 7.82. The van der Waals surface area contributed by atoms with Gasteiger partial charge in [0.2, 0.25) is 0 Å². The zero-order valence-corrected chi connectivity index (χ0v) is 13.3. The van der Waals surface area contributed by atoms with E-state index in [2.05, 4.69) is 10.5 Å². The van der Waals surface area contributed by atoms with Gasteiger partial charge in [-0.3, -0.25) is 4.79 Å². The molecule has 0 fully saturated rings. The number of thioether (sulfide) groups is 1. The highest BCUT2D eigenvalue weighted by Gasteiger charge is 2.13. The lowest BCUT2D eigenvalue weighted by atomic mass is 10.1. The van der Waals surface area contributed by atoms with E-state index in [1.807, 2.05) is 37.3 Å². The normalized spacial score (nSPS) is 12.0. The lowest BCUT2D eigenvalue weighted by Crippen LogP contribution is -2.26. The first kappa shape index (κ1) is 16.8. The van der Waals surface area contributed by atoms with E-state index >= 15 is 0 Å². The molecule has 0 aliphatic heterocycles. The number of nitrogens with one attached hydrogen (secondary N) is 1. The number of aromatic carboxylic acids is 1. The van der Waals surface area contributed by atoms with E-state index < -0.39 is 5.97 Å². The second-order valence-electron chi connectivity index (χ2n) is 4.73. The van der Waals surface area contributed by atoms with E-state index in [4.69, 9.17) is 5.11 Å². The topological polar surface area (TPSA) is 78.8 Å². The SMILES string of the molecule is C[C@@H](Sc1ccccc1)C(=O)N/N=C\c1ccc(C(=O)O)cc1. The van der Waals surface area contributed by atoms with Crippen molar-refractivity contribution in [1.82, 2.24) is 5.43 Å². The molecule has 2 aromatic rings. The monoisotopic (exact) mass is 328 g/mol. The van der Waals surface area contributed by atoms with Crippen molar-refractivity contribution in [3.8, 4) is 0 Å². The van der Waals surface area contributed by atoms with Crippen molar-refractivity contribution >= 4 is 29.9 Å². The predicted molar refractivity (Wildman–Crippen MR) is 90.9 cm³/mol. The minimum atomic E-state index is -0.978. The summed E-state index contributed by atoms with van der Waals surface area (Å²) < 4.78 is 0. The molecule has 0 spiro atoms. The molecule has 1 atom stereocenters. The summed E-state index contributed by atoms with van der Waals surface area (Å²) in [6.07, 6.45) is 1.48. The first-order valence-electron chi connectivity index (χ1n) is 6.94. The molecular formula is C17H16N2O3S. The summed E-state index contributed by atoms with van der Waals surface area (Å²) in [5.74, 6) is -1.18. The van der Waals surface area contributed by atoms with Gasteiger partial charge in [0.15, 0.2) is 0 Å². The Morgan fingerprint density at radius 2 is 1.78 bits per heavy atom. The van der Waals surface area contributed by atoms with Gasteiger partial charge >= 0.3 is 5.97 Å². The molecule has 0 heterocycles. The molecule has 0 aromatic heterocycles. The lowest BCUT2D eigenvalue weighted by molar-refractivity contribution is -0.120. The van der Waals surface area contributed by atoms with Crippen molar-refractivity contribution in [2.75, 3.05) is 0 Å². The molecule has 118 valence electrons. The molecule has 2 rings (SSSR count). The summed E-state index contributed by atoms with van der Waals surface area (Å²) in [7, 11) is 0. The Hall–Kier alpha value is -2.60. The van der Waals surface area contributed by atoms with Crippen LogP contribution < -0.4 is 5.43 Å². The lowest BCUT2D eigenvalue weighted by Gasteiger charge is -2.08. The smallest absolute Gasteiger partial charge is 0.335 e. The maximum atomic E-state index is 12.0. The number of hydrogen-bond donors (Lipinski definition) is 2. The Morgan fingerprint density at radius 3 is 2.39 bits per heavy atom. The van der Waals surface area contributed by atoms with Gasteiger partial charge in [-0.1, -0.05) is 30.3 Å². The Morgan fingerprint density at radius 1 is 1.13 bits per heavy atom. The second kappa shape index (κ2) is 8.14. The second-order valence-corrected chi connectivity index (χ2v) is 6.15. The third-order valence-electron chi connectivity index (χ3n) is 2.97. The number of carboxylic acids is 1. The van der Waals surface area contributed by atoms with Gasteiger partial charge in [-0.15, -0.1) is 11.8 Å². The van der Waals surface area contributed by atoms with Crippen molar-refractivity contribution in [3.05, 3.63) is 65.7 Å². The zero-order valence-electron chi connectivity index (χ0n) is 12.5. The quantitative estimate of drug-likeness (QED) is 0.485. The number of carboxylic acid groups (broad SMARTS) is 1. The van der Waals surface area contributed by atoms with Crippen LogP contribution in [0.25, 0.3) is 0 Å². The van der Waals surface area contributed by atoms with Crippen LogP contribution in [0.3, 0.4) is 0 Å². The molecule has 2 aromatic carbocycles. The minimum absolute atomic E-state index is 0.197. The van der Waals surface area contributed by atoms with Crippen LogP contribution in [0.5, 0.6) is 0 Å². The Kier molecular flexibility index (Phi) is 5.94. The van der Waals surface area contributed by atoms with E-state index in [-0.39, 0.29) is 16.7 Å². The Balaban J connectivity index is 1.86. The predicted octanol–water partition coefficient (Wildman–Crippen LogP) is 3.02. The average molecular weight is 328 g/mol. The molecule has 1 amide bonds. The molecule has 0 aliphatic carbocycles. The van der Waals surface area contributed by atoms with Crippen LogP contribution in [-0.2, 0) is 4.79 Å².